The van der Waals surface area contributed by atoms with E-state index in [1.807, 2.05) is 0 Å². The fraction of sp³-hybridized carbons (Fsp3) is 0.176. The number of nitrogens with zero attached hydrogens (tertiary/aromatic N) is 4. The number of aryl methyl sites for hydroxylation is 2. The second-order valence-electron chi connectivity index (χ2n) is 5.87. The molecule has 0 fully saturated rings. The normalized spacial score (nSPS) is 11.5. The van der Waals surface area contributed by atoms with Crippen LogP contribution in [0, 0.1) is 6.92 Å². The van der Waals surface area contributed by atoms with Crippen LogP contribution in [0.4, 0.5) is 29.3 Å². The predicted octanol–water partition coefficient (Wildman–Crippen LogP) is 4.14. The first-order valence-corrected chi connectivity index (χ1v) is 8.21. The Morgan fingerprint density at radius 2 is 2.04 bits per heavy atom. The quantitative estimate of drug-likeness (QED) is 0.657. The molecule has 0 spiro atoms. The molecule has 3 rings (SSSR count). The van der Waals surface area contributed by atoms with Gasteiger partial charge in [0.15, 0.2) is 5.65 Å². The van der Waals surface area contributed by atoms with E-state index in [9.17, 15) is 22.8 Å². The van der Waals surface area contributed by atoms with Crippen LogP contribution in [-0.2, 0) is 18.0 Å². The van der Waals surface area contributed by atoms with Crippen molar-refractivity contribution < 1.29 is 22.8 Å². The van der Waals surface area contributed by atoms with Gasteiger partial charge in [-0.1, -0.05) is 11.6 Å². The maximum Gasteiger partial charge on any atom is 0.417 e. The number of carbonyl (C=O) groups is 2. The van der Waals surface area contributed by atoms with Crippen molar-refractivity contribution in [1.82, 2.24) is 14.8 Å². The van der Waals surface area contributed by atoms with Gasteiger partial charge in [-0.15, -0.1) is 0 Å². The van der Waals surface area contributed by atoms with Crippen molar-refractivity contribution in [3.05, 3.63) is 46.7 Å². The van der Waals surface area contributed by atoms with Crippen molar-refractivity contribution in [1.29, 1.82) is 0 Å². The molecule has 0 saturated heterocycles. The van der Waals surface area contributed by atoms with E-state index < -0.39 is 22.8 Å². The van der Waals surface area contributed by atoms with Gasteiger partial charge < -0.3 is 5.32 Å². The summed E-state index contributed by atoms with van der Waals surface area (Å²) >= 11 is 5.56. The third-order valence-corrected chi connectivity index (χ3v) is 4.30. The van der Waals surface area contributed by atoms with Crippen LogP contribution >= 0.6 is 11.6 Å². The lowest BCUT2D eigenvalue weighted by Crippen LogP contribution is -2.33. The SMILES string of the molecule is Cc1nn(C)c2ncc(N(C=O)C(=O)Nc3ccc(Cl)c(C(F)(F)F)c3)cc12. The highest BCUT2D eigenvalue weighted by atomic mass is 35.5. The van der Waals surface area contributed by atoms with E-state index in [2.05, 4.69) is 15.4 Å². The van der Waals surface area contributed by atoms with Gasteiger partial charge in [0.05, 0.1) is 28.2 Å². The van der Waals surface area contributed by atoms with Crippen molar-refractivity contribution in [3.63, 3.8) is 0 Å². The van der Waals surface area contributed by atoms with Crippen LogP contribution in [0.15, 0.2) is 30.5 Å². The summed E-state index contributed by atoms with van der Waals surface area (Å²) in [5, 5.41) is 6.57. The highest BCUT2D eigenvalue weighted by molar-refractivity contribution is 6.31. The molecule has 0 aliphatic rings. The third-order valence-electron chi connectivity index (χ3n) is 3.97. The fourth-order valence-electron chi connectivity index (χ4n) is 2.66. The number of hydrogen-bond acceptors (Lipinski definition) is 4. The van der Waals surface area contributed by atoms with E-state index in [1.165, 1.54) is 12.3 Å². The molecule has 2 heterocycles. The smallest absolute Gasteiger partial charge is 0.307 e. The minimum Gasteiger partial charge on any atom is -0.307 e. The summed E-state index contributed by atoms with van der Waals surface area (Å²) in [4.78, 5) is 28.8. The number of benzene rings is 1. The van der Waals surface area contributed by atoms with Crippen molar-refractivity contribution >= 4 is 46.5 Å². The number of aromatic nitrogens is 3. The highest BCUT2D eigenvalue weighted by Crippen LogP contribution is 2.36. The van der Waals surface area contributed by atoms with E-state index >= 15 is 0 Å². The third kappa shape index (κ3) is 3.63. The number of urea groups is 1. The Labute approximate surface area is 161 Å². The molecule has 2 aromatic heterocycles. The number of hydrogen-bond donors (Lipinski definition) is 1. The van der Waals surface area contributed by atoms with Gasteiger partial charge in [-0.3, -0.25) is 9.48 Å². The van der Waals surface area contributed by atoms with Crippen molar-refractivity contribution in [2.24, 2.45) is 7.05 Å². The topological polar surface area (TPSA) is 80.1 Å². The summed E-state index contributed by atoms with van der Waals surface area (Å²) in [6.07, 6.45) is -3.15. The van der Waals surface area contributed by atoms with E-state index in [-0.39, 0.29) is 17.8 Å². The average molecular weight is 412 g/mol. The van der Waals surface area contributed by atoms with Gasteiger partial charge in [0.1, 0.15) is 0 Å². The number of fused-ring (bicyclic) bond motifs is 1. The molecular weight excluding hydrogens is 399 g/mol. The van der Waals surface area contributed by atoms with E-state index in [0.717, 1.165) is 6.07 Å². The monoisotopic (exact) mass is 411 g/mol. The van der Waals surface area contributed by atoms with Gasteiger partial charge in [0.2, 0.25) is 6.41 Å². The van der Waals surface area contributed by atoms with E-state index in [0.29, 0.717) is 27.7 Å². The van der Waals surface area contributed by atoms with Crippen LogP contribution in [0.5, 0.6) is 0 Å². The molecule has 146 valence electrons. The van der Waals surface area contributed by atoms with Gasteiger partial charge in [-0.25, -0.2) is 14.7 Å². The Balaban J connectivity index is 1.91. The first-order chi connectivity index (χ1) is 13.1. The number of carbonyl (C=O) groups excluding carboxylic acids is 2. The molecule has 7 nitrogen and oxygen atoms in total. The molecular formula is C17H13ClF3N5O2. The Morgan fingerprint density at radius 3 is 2.68 bits per heavy atom. The molecule has 0 aliphatic carbocycles. The number of alkyl halides is 3. The lowest BCUT2D eigenvalue weighted by molar-refractivity contribution is -0.137. The van der Waals surface area contributed by atoms with Crippen LogP contribution in [0.2, 0.25) is 5.02 Å². The molecule has 1 N–H and O–H groups in total. The van der Waals surface area contributed by atoms with Crippen molar-refractivity contribution in [2.45, 2.75) is 13.1 Å². The fourth-order valence-corrected chi connectivity index (χ4v) is 2.88. The molecule has 0 atom stereocenters. The minimum atomic E-state index is -4.69. The number of nitrogens with one attached hydrogen (secondary N) is 1. The zero-order chi connectivity index (χ0) is 20.6. The molecule has 1 aromatic carbocycles. The van der Waals surface area contributed by atoms with E-state index in [1.54, 1.807) is 24.7 Å². The number of pyridine rings is 1. The second-order valence-corrected chi connectivity index (χ2v) is 6.28. The zero-order valence-electron chi connectivity index (χ0n) is 14.6. The van der Waals surface area contributed by atoms with Crippen LogP contribution < -0.4 is 10.2 Å². The summed E-state index contributed by atoms with van der Waals surface area (Å²) in [5.41, 5.74) is 0.0747. The molecule has 0 bridgehead atoms. The molecule has 3 amide bonds. The van der Waals surface area contributed by atoms with Gasteiger partial charge in [0, 0.05) is 18.1 Å². The highest BCUT2D eigenvalue weighted by Gasteiger charge is 2.33. The summed E-state index contributed by atoms with van der Waals surface area (Å²) < 4.78 is 40.4. The Kier molecular flexibility index (Phi) is 4.99. The van der Waals surface area contributed by atoms with Crippen LogP contribution in [0.25, 0.3) is 11.0 Å². The number of rotatable bonds is 3. The number of anilines is 2. The Morgan fingerprint density at radius 1 is 1.32 bits per heavy atom. The van der Waals surface area contributed by atoms with Crippen molar-refractivity contribution in [2.75, 3.05) is 10.2 Å². The largest absolute Gasteiger partial charge is 0.417 e. The average Bonchev–Trinajstić information content (AvgIpc) is 2.90. The maximum atomic E-state index is 13.0. The first kappa shape index (κ1) is 19.6. The second kappa shape index (κ2) is 7.12. The maximum absolute atomic E-state index is 13.0. The van der Waals surface area contributed by atoms with Crippen LogP contribution in [0.1, 0.15) is 11.3 Å². The molecule has 3 aromatic rings. The summed E-state index contributed by atoms with van der Waals surface area (Å²) in [6, 6.07) is 3.49. The summed E-state index contributed by atoms with van der Waals surface area (Å²) in [6.45, 7) is 1.74. The molecule has 11 heteroatoms. The molecule has 0 saturated carbocycles. The lowest BCUT2D eigenvalue weighted by Gasteiger charge is -2.17. The van der Waals surface area contributed by atoms with Crippen LogP contribution in [-0.4, -0.2) is 27.2 Å². The van der Waals surface area contributed by atoms with Crippen molar-refractivity contribution in [3.8, 4) is 0 Å². The minimum absolute atomic E-state index is 0.140. The lowest BCUT2D eigenvalue weighted by atomic mass is 10.2. The van der Waals surface area contributed by atoms with Gasteiger partial charge in [-0.05, 0) is 31.2 Å². The zero-order valence-corrected chi connectivity index (χ0v) is 15.3. The number of imide groups is 1. The molecule has 0 aliphatic heterocycles. The summed E-state index contributed by atoms with van der Waals surface area (Å²) in [5.74, 6) is 0. The molecule has 0 radical (unpaired) electrons. The van der Waals surface area contributed by atoms with Gasteiger partial charge in [-0.2, -0.15) is 18.3 Å². The molecule has 0 unspecified atom stereocenters. The number of halogens is 4. The number of amides is 3. The van der Waals surface area contributed by atoms with E-state index in [4.69, 9.17) is 11.6 Å². The molecule has 28 heavy (non-hydrogen) atoms. The van der Waals surface area contributed by atoms with Gasteiger partial charge >= 0.3 is 12.2 Å². The summed E-state index contributed by atoms with van der Waals surface area (Å²) in [7, 11) is 1.70. The Bertz CT molecular complexity index is 1080. The standard InChI is InChI=1S/C17H13ClF3N5O2/c1-9-12-6-11(7-22-15(12)25(2)24-9)26(8-27)16(28)23-10-3-4-14(18)13(5-10)17(19,20)21/h3-8H,1-2H3,(H,23,28). The van der Waals surface area contributed by atoms with Gasteiger partial charge in [0.25, 0.3) is 0 Å². The van der Waals surface area contributed by atoms with Crippen LogP contribution in [0.3, 0.4) is 0 Å². The predicted molar refractivity (Wildman–Crippen MR) is 97.3 cm³/mol. The Hall–Kier alpha value is -3.14. The first-order valence-electron chi connectivity index (χ1n) is 7.83.